The molecule has 1 amide bonds. The summed E-state index contributed by atoms with van der Waals surface area (Å²) in [6.07, 6.45) is 1.59. The fraction of sp³-hybridized carbons (Fsp3) is 0.417. The molecule has 0 saturated carbocycles. The zero-order chi connectivity index (χ0) is 24.2. The molecule has 10 heteroatoms. The van der Waals surface area contributed by atoms with Crippen molar-refractivity contribution in [2.45, 2.75) is 32.9 Å². The van der Waals surface area contributed by atoms with Gasteiger partial charge < -0.3 is 24.3 Å². The normalized spacial score (nSPS) is 13.7. The predicted octanol–water partition coefficient (Wildman–Crippen LogP) is 2.76. The monoisotopic (exact) mass is 468 g/mol. The van der Waals surface area contributed by atoms with Crippen molar-refractivity contribution in [3.63, 3.8) is 0 Å². The molecule has 1 aliphatic heterocycles. The van der Waals surface area contributed by atoms with E-state index in [-0.39, 0.29) is 17.6 Å². The summed E-state index contributed by atoms with van der Waals surface area (Å²) in [5.41, 5.74) is 2.13. The van der Waals surface area contributed by atoms with Crippen molar-refractivity contribution in [1.29, 1.82) is 0 Å². The van der Waals surface area contributed by atoms with Gasteiger partial charge in [0.05, 0.1) is 29.4 Å². The summed E-state index contributed by atoms with van der Waals surface area (Å²) in [7, 11) is 1.55. The Balaban J connectivity index is 1.66. The highest BCUT2D eigenvalue weighted by atomic mass is 16.6. The van der Waals surface area contributed by atoms with Crippen molar-refractivity contribution >= 4 is 22.9 Å². The second-order valence-corrected chi connectivity index (χ2v) is 8.33. The van der Waals surface area contributed by atoms with Crippen LogP contribution in [-0.4, -0.2) is 66.2 Å². The maximum absolute atomic E-state index is 13.0. The van der Waals surface area contributed by atoms with Gasteiger partial charge in [0.25, 0.3) is 5.91 Å². The molecular weight excluding hydrogens is 440 g/mol. The molecule has 0 saturated heterocycles. The molecule has 10 nitrogen and oxygen atoms in total. The lowest BCUT2D eigenvalue weighted by atomic mass is 10.1. The predicted molar refractivity (Wildman–Crippen MR) is 124 cm³/mol. The Morgan fingerprint density at radius 1 is 1.15 bits per heavy atom. The maximum atomic E-state index is 13.0. The smallest absolute Gasteiger partial charge is 0.339 e. The number of carbonyl (C=O) groups is 2. The minimum atomic E-state index is -0.635. The summed E-state index contributed by atoms with van der Waals surface area (Å²) >= 11 is 0. The number of methoxy groups -OCH3 is 1. The zero-order valence-corrected chi connectivity index (χ0v) is 19.7. The van der Waals surface area contributed by atoms with Crippen LogP contribution in [0.3, 0.4) is 0 Å². The highest BCUT2D eigenvalue weighted by Gasteiger charge is 2.22. The van der Waals surface area contributed by atoms with Crippen molar-refractivity contribution in [3.8, 4) is 22.8 Å². The number of hydrogen-bond donors (Lipinski definition) is 1. The Kier molecular flexibility index (Phi) is 6.97. The Hall–Kier alpha value is -3.66. The van der Waals surface area contributed by atoms with Crippen LogP contribution < -0.4 is 14.8 Å². The largest absolute Gasteiger partial charge is 0.486 e. The molecule has 0 radical (unpaired) electrons. The number of fused-ring (bicyclic) bond motifs is 2. The van der Waals surface area contributed by atoms with E-state index in [4.69, 9.17) is 23.9 Å². The van der Waals surface area contributed by atoms with E-state index in [1.807, 2.05) is 32.0 Å². The number of pyridine rings is 1. The van der Waals surface area contributed by atoms with Gasteiger partial charge in [-0.1, -0.05) is 0 Å². The number of amides is 1. The SMILES string of the molecule is COCC(C)NC(=O)COC(=O)c1cc(-c2ccc3c(c2)OCCO3)nc2c1cnn2C(C)C. The van der Waals surface area contributed by atoms with E-state index in [1.165, 1.54) is 0 Å². The molecule has 180 valence electrons. The molecule has 1 N–H and O–H groups in total. The van der Waals surface area contributed by atoms with Crippen molar-refractivity contribution < 1.29 is 28.5 Å². The summed E-state index contributed by atoms with van der Waals surface area (Å²) in [4.78, 5) is 30.0. The van der Waals surface area contributed by atoms with Crippen molar-refractivity contribution in [2.75, 3.05) is 33.5 Å². The first-order valence-corrected chi connectivity index (χ1v) is 11.1. The Bertz CT molecular complexity index is 1210. The van der Waals surface area contributed by atoms with Gasteiger partial charge in [-0.2, -0.15) is 5.10 Å². The molecule has 2 aromatic heterocycles. The second kappa shape index (κ2) is 10.1. The van der Waals surface area contributed by atoms with E-state index in [9.17, 15) is 9.59 Å². The van der Waals surface area contributed by atoms with Gasteiger partial charge in [-0.05, 0) is 45.0 Å². The van der Waals surface area contributed by atoms with Crippen LogP contribution in [0.15, 0.2) is 30.5 Å². The van der Waals surface area contributed by atoms with Gasteiger partial charge in [0.1, 0.15) is 13.2 Å². The van der Waals surface area contributed by atoms with Crippen LogP contribution >= 0.6 is 0 Å². The molecule has 3 heterocycles. The van der Waals surface area contributed by atoms with Gasteiger partial charge >= 0.3 is 5.97 Å². The number of esters is 1. The van der Waals surface area contributed by atoms with Crippen molar-refractivity contribution in [3.05, 3.63) is 36.0 Å². The van der Waals surface area contributed by atoms with E-state index in [0.717, 1.165) is 5.56 Å². The molecule has 34 heavy (non-hydrogen) atoms. The number of aromatic nitrogens is 3. The van der Waals surface area contributed by atoms with Crippen LogP contribution in [0.4, 0.5) is 0 Å². The van der Waals surface area contributed by atoms with Crippen LogP contribution in [0.5, 0.6) is 11.5 Å². The average molecular weight is 469 g/mol. The molecule has 1 aromatic carbocycles. The minimum Gasteiger partial charge on any atom is -0.486 e. The Morgan fingerprint density at radius 3 is 2.65 bits per heavy atom. The van der Waals surface area contributed by atoms with E-state index in [0.29, 0.717) is 48.0 Å². The molecule has 0 aliphatic carbocycles. The summed E-state index contributed by atoms with van der Waals surface area (Å²) in [5, 5.41) is 7.67. The summed E-state index contributed by atoms with van der Waals surface area (Å²) in [6, 6.07) is 6.98. The number of benzene rings is 1. The zero-order valence-electron chi connectivity index (χ0n) is 19.7. The fourth-order valence-corrected chi connectivity index (χ4v) is 3.73. The number of ether oxygens (including phenoxy) is 4. The van der Waals surface area contributed by atoms with Crippen molar-refractivity contribution in [1.82, 2.24) is 20.1 Å². The highest BCUT2D eigenvalue weighted by Crippen LogP contribution is 2.35. The number of nitrogens with one attached hydrogen (secondary N) is 1. The highest BCUT2D eigenvalue weighted by molar-refractivity contribution is 6.04. The van der Waals surface area contributed by atoms with Crippen LogP contribution in [-0.2, 0) is 14.3 Å². The number of nitrogens with zero attached hydrogens (tertiary/aromatic N) is 3. The van der Waals surface area contributed by atoms with E-state index in [1.54, 1.807) is 31.0 Å². The fourth-order valence-electron chi connectivity index (χ4n) is 3.73. The molecule has 4 rings (SSSR count). The summed E-state index contributed by atoms with van der Waals surface area (Å²) in [5.74, 6) is 0.239. The molecule has 3 aromatic rings. The van der Waals surface area contributed by atoms with Crippen LogP contribution in [0.2, 0.25) is 0 Å². The van der Waals surface area contributed by atoms with Crippen LogP contribution in [0.1, 0.15) is 37.2 Å². The molecule has 0 fully saturated rings. The maximum Gasteiger partial charge on any atom is 0.339 e. The number of rotatable bonds is 8. The van der Waals surface area contributed by atoms with Gasteiger partial charge in [-0.15, -0.1) is 0 Å². The number of carbonyl (C=O) groups excluding carboxylic acids is 2. The molecule has 0 bridgehead atoms. The van der Waals surface area contributed by atoms with Crippen molar-refractivity contribution in [2.24, 2.45) is 0 Å². The lowest BCUT2D eigenvalue weighted by molar-refractivity contribution is -0.125. The number of hydrogen-bond acceptors (Lipinski definition) is 8. The topological polar surface area (TPSA) is 114 Å². The Morgan fingerprint density at radius 2 is 1.91 bits per heavy atom. The third-order valence-corrected chi connectivity index (χ3v) is 5.27. The lowest BCUT2D eigenvalue weighted by Crippen LogP contribution is -2.38. The average Bonchev–Trinajstić information content (AvgIpc) is 3.26. The molecule has 0 spiro atoms. The van der Waals surface area contributed by atoms with Gasteiger partial charge in [-0.25, -0.2) is 14.5 Å². The van der Waals surface area contributed by atoms with Gasteiger partial charge in [-0.3, -0.25) is 4.79 Å². The summed E-state index contributed by atoms with van der Waals surface area (Å²) in [6.45, 7) is 6.67. The van der Waals surface area contributed by atoms with Gasteiger partial charge in [0.15, 0.2) is 23.8 Å². The first-order chi connectivity index (χ1) is 16.4. The van der Waals surface area contributed by atoms with Crippen LogP contribution in [0.25, 0.3) is 22.3 Å². The van der Waals surface area contributed by atoms with Gasteiger partial charge in [0.2, 0.25) is 0 Å². The first kappa shape index (κ1) is 23.5. The first-order valence-electron chi connectivity index (χ1n) is 11.1. The lowest BCUT2D eigenvalue weighted by Gasteiger charge is -2.19. The molecule has 1 atom stereocenters. The minimum absolute atomic E-state index is 0.0254. The quantitative estimate of drug-likeness (QED) is 0.502. The third kappa shape index (κ3) is 4.96. The summed E-state index contributed by atoms with van der Waals surface area (Å²) < 4.78 is 23.4. The van der Waals surface area contributed by atoms with E-state index >= 15 is 0 Å². The van der Waals surface area contributed by atoms with E-state index < -0.39 is 18.5 Å². The van der Waals surface area contributed by atoms with E-state index in [2.05, 4.69) is 10.4 Å². The van der Waals surface area contributed by atoms with Crippen LogP contribution in [0, 0.1) is 0 Å². The third-order valence-electron chi connectivity index (χ3n) is 5.27. The molecule has 1 unspecified atom stereocenters. The molecule has 1 aliphatic rings. The Labute approximate surface area is 197 Å². The standard InChI is InChI=1S/C24H28N4O6/c1-14(2)28-23-18(11-25-28)17(24(30)34-13-22(29)26-15(3)12-31-4)10-19(27-23)16-5-6-20-21(9-16)33-8-7-32-20/h5-6,9-11,14-15H,7-8,12-13H2,1-4H3,(H,26,29). The molecular formula is C24H28N4O6. The van der Waals surface area contributed by atoms with Gasteiger partial charge in [0, 0.05) is 24.8 Å². The second-order valence-electron chi connectivity index (χ2n) is 8.33.